The summed E-state index contributed by atoms with van der Waals surface area (Å²) < 4.78 is 58.0. The highest BCUT2D eigenvalue weighted by Crippen LogP contribution is 2.23. The van der Waals surface area contributed by atoms with E-state index >= 15 is 0 Å². The first-order valence-corrected chi connectivity index (χ1v) is 5.44. The molecule has 2 N–H and O–H groups in total. The molecule has 0 spiro atoms. The lowest BCUT2D eigenvalue weighted by atomic mass is 10.6. The van der Waals surface area contributed by atoms with Gasteiger partial charge >= 0.3 is 5.51 Å². The molecular formula is C6H8F3N3O2S. The summed E-state index contributed by atoms with van der Waals surface area (Å²) in [5.74, 6) is -1.04. The number of hydrogen-bond acceptors (Lipinski definition) is 4. The van der Waals surface area contributed by atoms with E-state index in [1.807, 2.05) is 0 Å². The molecule has 0 atom stereocenters. The summed E-state index contributed by atoms with van der Waals surface area (Å²) in [6.45, 7) is -0.376. The van der Waals surface area contributed by atoms with Crippen LogP contribution in [0.1, 0.15) is 0 Å². The van der Waals surface area contributed by atoms with Crippen molar-refractivity contribution in [2.75, 3.05) is 11.5 Å². The minimum absolute atomic E-state index is 0.263. The molecule has 0 aliphatic heterocycles. The van der Waals surface area contributed by atoms with Gasteiger partial charge in [0.1, 0.15) is 0 Å². The Morgan fingerprint density at radius 3 is 2.47 bits per heavy atom. The molecule has 1 heterocycles. The fourth-order valence-electron chi connectivity index (χ4n) is 0.831. The van der Waals surface area contributed by atoms with E-state index in [4.69, 9.17) is 5.73 Å². The third-order valence-corrected chi connectivity index (χ3v) is 3.02. The molecule has 0 unspecified atom stereocenters. The quantitative estimate of drug-likeness (QED) is 0.833. The number of alkyl halides is 3. The van der Waals surface area contributed by atoms with Crippen LogP contribution in [0.4, 0.5) is 18.9 Å². The summed E-state index contributed by atoms with van der Waals surface area (Å²) in [6.07, 6.45) is 2.48. The number of hydrogen-bond donors (Lipinski definition) is 1. The molecule has 5 nitrogen and oxygen atoms in total. The summed E-state index contributed by atoms with van der Waals surface area (Å²) >= 11 is 0. The van der Waals surface area contributed by atoms with Gasteiger partial charge in [0, 0.05) is 6.20 Å². The van der Waals surface area contributed by atoms with E-state index in [1.165, 1.54) is 12.4 Å². The van der Waals surface area contributed by atoms with Crippen molar-refractivity contribution in [2.24, 2.45) is 0 Å². The van der Waals surface area contributed by atoms with Crippen molar-refractivity contribution in [2.45, 2.75) is 12.1 Å². The van der Waals surface area contributed by atoms with Crippen LogP contribution in [0.5, 0.6) is 0 Å². The molecule has 0 saturated carbocycles. The molecule has 86 valence electrons. The molecule has 0 fully saturated rings. The molecule has 1 rings (SSSR count). The number of aromatic nitrogens is 2. The number of anilines is 1. The SMILES string of the molecule is Nc1cnn(CCS(=O)(=O)C(F)(F)F)c1. The highest BCUT2D eigenvalue weighted by Gasteiger charge is 2.44. The molecular weight excluding hydrogens is 235 g/mol. The Hall–Kier alpha value is -1.25. The molecule has 0 aliphatic carbocycles. The number of nitrogens with zero attached hydrogens (tertiary/aromatic N) is 2. The Bertz CT molecular complexity index is 437. The van der Waals surface area contributed by atoms with Gasteiger partial charge in [0.25, 0.3) is 0 Å². The fourth-order valence-corrected chi connectivity index (χ4v) is 1.49. The van der Waals surface area contributed by atoms with E-state index < -0.39 is 21.1 Å². The number of sulfone groups is 1. The Morgan fingerprint density at radius 2 is 2.07 bits per heavy atom. The summed E-state index contributed by atoms with van der Waals surface area (Å²) in [6, 6.07) is 0. The van der Waals surface area contributed by atoms with Crippen LogP contribution in [0, 0.1) is 0 Å². The van der Waals surface area contributed by atoms with E-state index in [1.54, 1.807) is 0 Å². The zero-order valence-corrected chi connectivity index (χ0v) is 8.22. The normalized spacial score (nSPS) is 13.0. The predicted octanol–water partition coefficient (Wildman–Crippen LogP) is 0.400. The molecule has 0 amide bonds. The number of nitrogens with two attached hydrogens (primary N) is 1. The maximum absolute atomic E-state index is 11.9. The van der Waals surface area contributed by atoms with Crippen molar-refractivity contribution < 1.29 is 21.6 Å². The maximum Gasteiger partial charge on any atom is 0.497 e. The fraction of sp³-hybridized carbons (Fsp3) is 0.500. The van der Waals surface area contributed by atoms with Gasteiger partial charge in [-0.25, -0.2) is 8.42 Å². The lowest BCUT2D eigenvalue weighted by Crippen LogP contribution is -2.28. The van der Waals surface area contributed by atoms with Gasteiger partial charge in [-0.05, 0) is 0 Å². The number of halogens is 3. The molecule has 1 aromatic heterocycles. The van der Waals surface area contributed by atoms with Gasteiger partial charge in [0.2, 0.25) is 9.84 Å². The van der Waals surface area contributed by atoms with E-state index in [0.29, 0.717) is 0 Å². The Morgan fingerprint density at radius 1 is 1.47 bits per heavy atom. The molecule has 0 aliphatic rings. The van der Waals surface area contributed by atoms with Gasteiger partial charge in [0.15, 0.2) is 0 Å². The average molecular weight is 243 g/mol. The second kappa shape index (κ2) is 3.72. The van der Waals surface area contributed by atoms with Crippen molar-refractivity contribution in [3.8, 4) is 0 Å². The van der Waals surface area contributed by atoms with Gasteiger partial charge in [-0.15, -0.1) is 0 Å². The molecule has 0 bridgehead atoms. The van der Waals surface area contributed by atoms with E-state index in [2.05, 4.69) is 5.10 Å². The summed E-state index contributed by atoms with van der Waals surface area (Å²) in [7, 11) is -5.09. The van der Waals surface area contributed by atoms with E-state index in [0.717, 1.165) is 4.68 Å². The predicted molar refractivity (Wildman–Crippen MR) is 46.5 cm³/mol. The maximum atomic E-state index is 11.9. The van der Waals surface area contributed by atoms with Crippen LogP contribution in [-0.2, 0) is 16.4 Å². The minimum atomic E-state index is -5.22. The third kappa shape index (κ3) is 2.85. The van der Waals surface area contributed by atoms with Crippen molar-refractivity contribution in [1.82, 2.24) is 9.78 Å². The summed E-state index contributed by atoms with van der Waals surface area (Å²) in [4.78, 5) is 0. The molecule has 9 heteroatoms. The molecule has 0 aromatic carbocycles. The number of aryl methyl sites for hydroxylation is 1. The van der Waals surface area contributed by atoms with Gasteiger partial charge < -0.3 is 5.73 Å². The zero-order valence-electron chi connectivity index (χ0n) is 7.40. The largest absolute Gasteiger partial charge is 0.497 e. The van der Waals surface area contributed by atoms with Crippen molar-refractivity contribution in [3.05, 3.63) is 12.4 Å². The van der Waals surface area contributed by atoms with Crippen LogP contribution < -0.4 is 5.73 Å². The zero-order chi connectivity index (χ0) is 11.7. The monoisotopic (exact) mass is 243 g/mol. The molecule has 0 radical (unpaired) electrons. The second-order valence-electron chi connectivity index (χ2n) is 2.80. The Balaban J connectivity index is 2.66. The van der Waals surface area contributed by atoms with Crippen LogP contribution in [0.3, 0.4) is 0 Å². The minimum Gasteiger partial charge on any atom is -0.396 e. The van der Waals surface area contributed by atoms with Gasteiger partial charge in [-0.3, -0.25) is 4.68 Å². The number of rotatable bonds is 3. The van der Waals surface area contributed by atoms with E-state index in [-0.39, 0.29) is 12.2 Å². The third-order valence-electron chi connectivity index (χ3n) is 1.59. The van der Waals surface area contributed by atoms with Gasteiger partial charge in [-0.2, -0.15) is 18.3 Å². The van der Waals surface area contributed by atoms with Crippen LogP contribution >= 0.6 is 0 Å². The first-order chi connectivity index (χ1) is 6.72. The van der Waals surface area contributed by atoms with E-state index in [9.17, 15) is 21.6 Å². The molecule has 15 heavy (non-hydrogen) atoms. The topological polar surface area (TPSA) is 78.0 Å². The van der Waals surface area contributed by atoms with Crippen molar-refractivity contribution in [1.29, 1.82) is 0 Å². The standard InChI is InChI=1S/C6H8F3N3O2S/c7-6(8,9)15(13,14)2-1-12-4-5(10)3-11-12/h3-4H,1-2,10H2. The first-order valence-electron chi connectivity index (χ1n) is 3.79. The lowest BCUT2D eigenvalue weighted by molar-refractivity contribution is -0.0436. The smallest absolute Gasteiger partial charge is 0.396 e. The van der Waals surface area contributed by atoms with Crippen LogP contribution in [0.15, 0.2) is 12.4 Å². The van der Waals surface area contributed by atoms with Crippen molar-refractivity contribution >= 4 is 15.5 Å². The summed E-state index contributed by atoms with van der Waals surface area (Å²) in [5, 5.41) is 3.56. The van der Waals surface area contributed by atoms with Crippen LogP contribution in [-0.4, -0.2) is 29.5 Å². The van der Waals surface area contributed by atoms with Gasteiger partial charge in [0.05, 0.1) is 24.2 Å². The lowest BCUT2D eigenvalue weighted by Gasteiger charge is -2.07. The molecule has 0 saturated heterocycles. The van der Waals surface area contributed by atoms with Crippen LogP contribution in [0.25, 0.3) is 0 Å². The summed E-state index contributed by atoms with van der Waals surface area (Å²) in [5.41, 5.74) is 0.295. The van der Waals surface area contributed by atoms with Crippen molar-refractivity contribution in [3.63, 3.8) is 0 Å². The highest BCUT2D eigenvalue weighted by molar-refractivity contribution is 7.92. The van der Waals surface area contributed by atoms with Gasteiger partial charge in [-0.1, -0.05) is 0 Å². The first kappa shape index (κ1) is 11.8. The highest BCUT2D eigenvalue weighted by atomic mass is 32.2. The average Bonchev–Trinajstić information content (AvgIpc) is 2.46. The Kier molecular flexibility index (Phi) is 2.93. The van der Waals surface area contributed by atoms with Crippen LogP contribution in [0.2, 0.25) is 0 Å². The second-order valence-corrected chi connectivity index (χ2v) is 4.90. The molecule has 1 aromatic rings. The number of nitrogen functional groups attached to an aromatic ring is 1. The Labute approximate surface area is 83.6 Å².